The van der Waals surface area contributed by atoms with Gasteiger partial charge in [0.25, 0.3) is 0 Å². The second-order valence-electron chi connectivity index (χ2n) is 4.97. The minimum absolute atomic E-state index is 0.188. The summed E-state index contributed by atoms with van der Waals surface area (Å²) in [5.41, 5.74) is 0.188. The summed E-state index contributed by atoms with van der Waals surface area (Å²) >= 11 is 0. The molecule has 1 rings (SSSR count). The Bertz CT molecular complexity index is 155. The third-order valence-corrected chi connectivity index (χ3v) is 2.71. The Morgan fingerprint density at radius 3 is 2.79 bits per heavy atom. The molecule has 1 atom stereocenters. The summed E-state index contributed by atoms with van der Waals surface area (Å²) in [4.78, 5) is 2.50. The molecule has 84 valence electrons. The number of nitrogens with one attached hydrogen (secondary N) is 1. The first-order valence-electron chi connectivity index (χ1n) is 5.68. The van der Waals surface area contributed by atoms with Gasteiger partial charge in [-0.05, 0) is 33.2 Å². The standard InChI is InChI=1S/C11H24N2O/c1-4-6-13-8-10(5-7-14)12-11(2,3)9-13/h10,12,14H,4-9H2,1-3H3. The molecular formula is C11H24N2O. The van der Waals surface area contributed by atoms with Gasteiger partial charge in [-0.3, -0.25) is 4.90 Å². The number of rotatable bonds is 4. The molecule has 1 unspecified atom stereocenters. The van der Waals surface area contributed by atoms with E-state index in [4.69, 9.17) is 5.11 Å². The Hall–Kier alpha value is -0.120. The number of hydrogen-bond acceptors (Lipinski definition) is 3. The number of aliphatic hydroxyl groups is 1. The lowest BCUT2D eigenvalue weighted by atomic mass is 9.97. The normalized spacial score (nSPS) is 27.9. The molecule has 3 heteroatoms. The SMILES string of the molecule is CCCN1CC(CCO)NC(C)(C)C1. The molecule has 14 heavy (non-hydrogen) atoms. The fourth-order valence-electron chi connectivity index (χ4n) is 2.38. The summed E-state index contributed by atoms with van der Waals surface area (Å²) in [5, 5.41) is 12.5. The number of aliphatic hydroxyl groups excluding tert-OH is 1. The highest BCUT2D eigenvalue weighted by molar-refractivity contribution is 4.92. The molecule has 0 aromatic heterocycles. The summed E-state index contributed by atoms with van der Waals surface area (Å²) < 4.78 is 0. The van der Waals surface area contributed by atoms with Gasteiger partial charge in [0, 0.05) is 31.3 Å². The molecular weight excluding hydrogens is 176 g/mol. The molecule has 0 aliphatic carbocycles. The lowest BCUT2D eigenvalue weighted by Crippen LogP contribution is -2.62. The topological polar surface area (TPSA) is 35.5 Å². The van der Waals surface area contributed by atoms with E-state index in [1.54, 1.807) is 0 Å². The minimum atomic E-state index is 0.188. The third kappa shape index (κ3) is 3.56. The number of nitrogens with zero attached hydrogens (tertiary/aromatic N) is 1. The van der Waals surface area contributed by atoms with Crippen LogP contribution in [0, 0.1) is 0 Å². The van der Waals surface area contributed by atoms with Gasteiger partial charge in [0.15, 0.2) is 0 Å². The molecule has 0 amide bonds. The Labute approximate surface area is 87.5 Å². The predicted molar refractivity (Wildman–Crippen MR) is 59.4 cm³/mol. The molecule has 3 nitrogen and oxygen atoms in total. The molecule has 0 saturated carbocycles. The molecule has 0 aromatic carbocycles. The van der Waals surface area contributed by atoms with Gasteiger partial charge in [-0.2, -0.15) is 0 Å². The zero-order valence-electron chi connectivity index (χ0n) is 9.71. The van der Waals surface area contributed by atoms with Crippen LogP contribution in [-0.4, -0.2) is 47.8 Å². The van der Waals surface area contributed by atoms with E-state index in [1.165, 1.54) is 13.0 Å². The van der Waals surface area contributed by atoms with Crippen LogP contribution >= 0.6 is 0 Å². The first-order valence-corrected chi connectivity index (χ1v) is 5.68. The van der Waals surface area contributed by atoms with Crippen LogP contribution in [0.5, 0.6) is 0 Å². The van der Waals surface area contributed by atoms with Crippen molar-refractivity contribution in [1.82, 2.24) is 10.2 Å². The van der Waals surface area contributed by atoms with Gasteiger partial charge < -0.3 is 10.4 Å². The van der Waals surface area contributed by atoms with Crippen LogP contribution in [0.15, 0.2) is 0 Å². The van der Waals surface area contributed by atoms with Crippen LogP contribution in [-0.2, 0) is 0 Å². The largest absolute Gasteiger partial charge is 0.396 e. The van der Waals surface area contributed by atoms with Crippen LogP contribution in [0.25, 0.3) is 0 Å². The second-order valence-corrected chi connectivity index (χ2v) is 4.97. The Balaban J connectivity index is 2.48. The van der Waals surface area contributed by atoms with E-state index < -0.39 is 0 Å². The van der Waals surface area contributed by atoms with Gasteiger partial charge in [0.1, 0.15) is 0 Å². The van der Waals surface area contributed by atoms with Crippen molar-refractivity contribution in [2.24, 2.45) is 0 Å². The van der Waals surface area contributed by atoms with Crippen molar-refractivity contribution in [2.45, 2.75) is 45.2 Å². The molecule has 1 fully saturated rings. The smallest absolute Gasteiger partial charge is 0.0446 e. The first kappa shape index (κ1) is 12.0. The average molecular weight is 200 g/mol. The Morgan fingerprint density at radius 2 is 2.21 bits per heavy atom. The monoisotopic (exact) mass is 200 g/mol. The third-order valence-electron chi connectivity index (χ3n) is 2.71. The van der Waals surface area contributed by atoms with Crippen LogP contribution in [0.1, 0.15) is 33.6 Å². The molecule has 0 radical (unpaired) electrons. The summed E-state index contributed by atoms with van der Waals surface area (Å²) in [7, 11) is 0. The maximum atomic E-state index is 8.95. The summed E-state index contributed by atoms with van der Waals surface area (Å²) in [5.74, 6) is 0. The van der Waals surface area contributed by atoms with Gasteiger partial charge >= 0.3 is 0 Å². The van der Waals surface area contributed by atoms with Crippen molar-refractivity contribution in [2.75, 3.05) is 26.2 Å². The zero-order valence-corrected chi connectivity index (χ0v) is 9.71. The van der Waals surface area contributed by atoms with E-state index in [-0.39, 0.29) is 12.1 Å². The Morgan fingerprint density at radius 1 is 1.50 bits per heavy atom. The maximum absolute atomic E-state index is 8.95. The van der Waals surface area contributed by atoms with E-state index in [0.717, 1.165) is 19.5 Å². The quantitative estimate of drug-likeness (QED) is 0.705. The highest BCUT2D eigenvalue weighted by atomic mass is 16.3. The molecule has 0 aromatic rings. The molecule has 1 aliphatic rings. The van der Waals surface area contributed by atoms with Gasteiger partial charge in [0.05, 0.1) is 0 Å². The zero-order chi connectivity index (χ0) is 10.6. The van der Waals surface area contributed by atoms with Gasteiger partial charge in [-0.15, -0.1) is 0 Å². The molecule has 1 heterocycles. The summed E-state index contributed by atoms with van der Waals surface area (Å²) in [6.07, 6.45) is 2.07. The number of hydrogen-bond donors (Lipinski definition) is 2. The lowest BCUT2D eigenvalue weighted by Gasteiger charge is -2.43. The maximum Gasteiger partial charge on any atom is 0.0446 e. The highest BCUT2D eigenvalue weighted by Crippen LogP contribution is 2.15. The van der Waals surface area contributed by atoms with Crippen molar-refractivity contribution in [3.05, 3.63) is 0 Å². The van der Waals surface area contributed by atoms with Crippen molar-refractivity contribution in [3.8, 4) is 0 Å². The molecule has 0 bridgehead atoms. The lowest BCUT2D eigenvalue weighted by molar-refractivity contribution is 0.104. The van der Waals surface area contributed by atoms with Crippen molar-refractivity contribution in [1.29, 1.82) is 0 Å². The fraction of sp³-hybridized carbons (Fsp3) is 1.00. The molecule has 0 spiro atoms. The number of piperazine rings is 1. The summed E-state index contributed by atoms with van der Waals surface area (Å²) in [6.45, 7) is 10.3. The van der Waals surface area contributed by atoms with E-state index in [1.807, 2.05) is 0 Å². The van der Waals surface area contributed by atoms with Crippen molar-refractivity contribution in [3.63, 3.8) is 0 Å². The van der Waals surface area contributed by atoms with E-state index >= 15 is 0 Å². The second kappa shape index (κ2) is 5.10. The van der Waals surface area contributed by atoms with E-state index in [9.17, 15) is 0 Å². The fourth-order valence-corrected chi connectivity index (χ4v) is 2.38. The first-order chi connectivity index (χ1) is 6.57. The van der Waals surface area contributed by atoms with E-state index in [2.05, 4.69) is 31.0 Å². The van der Waals surface area contributed by atoms with Crippen LogP contribution in [0.3, 0.4) is 0 Å². The molecule has 2 N–H and O–H groups in total. The minimum Gasteiger partial charge on any atom is -0.396 e. The van der Waals surface area contributed by atoms with Gasteiger partial charge in [-0.25, -0.2) is 0 Å². The molecule has 1 aliphatic heterocycles. The highest BCUT2D eigenvalue weighted by Gasteiger charge is 2.30. The van der Waals surface area contributed by atoms with Crippen LogP contribution < -0.4 is 5.32 Å². The van der Waals surface area contributed by atoms with Crippen LogP contribution in [0.2, 0.25) is 0 Å². The summed E-state index contributed by atoms with van der Waals surface area (Å²) in [6, 6.07) is 0.454. The van der Waals surface area contributed by atoms with Gasteiger partial charge in [-0.1, -0.05) is 6.92 Å². The van der Waals surface area contributed by atoms with E-state index in [0.29, 0.717) is 6.04 Å². The van der Waals surface area contributed by atoms with Crippen LogP contribution in [0.4, 0.5) is 0 Å². The predicted octanol–water partition coefficient (Wildman–Crippen LogP) is 0.831. The van der Waals surface area contributed by atoms with Crippen molar-refractivity contribution < 1.29 is 5.11 Å². The molecule has 1 saturated heterocycles. The average Bonchev–Trinajstić information content (AvgIpc) is 2.01. The van der Waals surface area contributed by atoms with Crippen molar-refractivity contribution >= 4 is 0 Å². The Kier molecular flexibility index (Phi) is 4.35. The van der Waals surface area contributed by atoms with Gasteiger partial charge in [0.2, 0.25) is 0 Å².